The van der Waals surface area contributed by atoms with E-state index in [0.29, 0.717) is 5.92 Å². The topological polar surface area (TPSA) is 29.9 Å². The van der Waals surface area contributed by atoms with Crippen molar-refractivity contribution in [1.29, 1.82) is 0 Å². The van der Waals surface area contributed by atoms with E-state index in [1.807, 2.05) is 24.3 Å². The van der Waals surface area contributed by atoms with E-state index in [0.717, 1.165) is 19.6 Å². The van der Waals surface area contributed by atoms with E-state index in [2.05, 4.69) is 35.0 Å². The molecule has 0 aliphatic carbocycles. The van der Waals surface area contributed by atoms with E-state index in [1.165, 1.54) is 12.1 Å². The van der Waals surface area contributed by atoms with Crippen molar-refractivity contribution >= 4 is 11.8 Å². The smallest absolute Gasteiger partial charge is 0.0948 e. The van der Waals surface area contributed by atoms with Gasteiger partial charge in [-0.05, 0) is 33.1 Å². The van der Waals surface area contributed by atoms with Crippen molar-refractivity contribution in [2.24, 2.45) is 0 Å². The molecular formula is C12H21N3S. The Morgan fingerprint density at radius 2 is 2.44 bits per heavy atom. The summed E-state index contributed by atoms with van der Waals surface area (Å²) in [6, 6.07) is 0. The summed E-state index contributed by atoms with van der Waals surface area (Å²) in [5.41, 5.74) is 1.40. The van der Waals surface area contributed by atoms with Crippen LogP contribution in [0, 0.1) is 0 Å². The quantitative estimate of drug-likeness (QED) is 0.872. The molecule has 1 aromatic heterocycles. The number of nitrogens with zero attached hydrogens (tertiary/aromatic N) is 2. The van der Waals surface area contributed by atoms with Crippen LogP contribution in [0.15, 0.2) is 12.5 Å². The van der Waals surface area contributed by atoms with E-state index < -0.39 is 0 Å². The zero-order chi connectivity index (χ0) is 11.6. The van der Waals surface area contributed by atoms with E-state index in [4.69, 9.17) is 0 Å². The SMILES string of the molecule is CSC(C)(C)Cn1cncc1C1CCNC1. The molecule has 0 bridgehead atoms. The molecule has 1 atom stereocenters. The molecule has 0 radical (unpaired) electrons. The summed E-state index contributed by atoms with van der Waals surface area (Å²) in [5.74, 6) is 0.653. The molecule has 1 aliphatic heterocycles. The van der Waals surface area contributed by atoms with Gasteiger partial charge in [0.25, 0.3) is 0 Å². The van der Waals surface area contributed by atoms with Crippen molar-refractivity contribution in [2.75, 3.05) is 19.3 Å². The zero-order valence-electron chi connectivity index (χ0n) is 10.4. The van der Waals surface area contributed by atoms with Crippen molar-refractivity contribution in [1.82, 2.24) is 14.9 Å². The highest BCUT2D eigenvalue weighted by molar-refractivity contribution is 7.99. The third-order valence-electron chi connectivity index (χ3n) is 3.33. The fourth-order valence-electron chi connectivity index (χ4n) is 2.18. The van der Waals surface area contributed by atoms with Gasteiger partial charge >= 0.3 is 0 Å². The monoisotopic (exact) mass is 239 g/mol. The lowest BCUT2D eigenvalue weighted by Gasteiger charge is -2.24. The zero-order valence-corrected chi connectivity index (χ0v) is 11.2. The largest absolute Gasteiger partial charge is 0.333 e. The highest BCUT2D eigenvalue weighted by atomic mass is 32.2. The van der Waals surface area contributed by atoms with Crippen molar-refractivity contribution in [3.05, 3.63) is 18.2 Å². The van der Waals surface area contributed by atoms with Crippen LogP contribution in [0.3, 0.4) is 0 Å². The summed E-state index contributed by atoms with van der Waals surface area (Å²) in [4.78, 5) is 4.31. The molecule has 0 spiro atoms. The van der Waals surface area contributed by atoms with Gasteiger partial charge in [0.05, 0.1) is 6.33 Å². The second-order valence-electron chi connectivity index (χ2n) is 5.10. The number of nitrogens with one attached hydrogen (secondary N) is 1. The van der Waals surface area contributed by atoms with Crippen LogP contribution in [0.4, 0.5) is 0 Å². The Balaban J connectivity index is 2.12. The van der Waals surface area contributed by atoms with E-state index in [9.17, 15) is 0 Å². The number of aromatic nitrogens is 2. The second kappa shape index (κ2) is 4.80. The third kappa shape index (κ3) is 2.61. The summed E-state index contributed by atoms with van der Waals surface area (Å²) in [7, 11) is 0. The molecule has 0 amide bonds. The second-order valence-corrected chi connectivity index (χ2v) is 6.61. The Hall–Kier alpha value is -0.480. The number of thioether (sulfide) groups is 1. The van der Waals surface area contributed by atoms with Gasteiger partial charge in [-0.15, -0.1) is 0 Å². The summed E-state index contributed by atoms with van der Waals surface area (Å²) in [6.07, 6.45) is 7.43. The van der Waals surface area contributed by atoms with Crippen LogP contribution in [0.2, 0.25) is 0 Å². The molecule has 3 nitrogen and oxygen atoms in total. The van der Waals surface area contributed by atoms with Gasteiger partial charge in [0, 0.05) is 35.6 Å². The summed E-state index contributed by atoms with van der Waals surface area (Å²) in [5, 5.41) is 3.42. The molecule has 0 aromatic carbocycles. The molecule has 90 valence electrons. The first-order chi connectivity index (χ1) is 7.62. The van der Waals surface area contributed by atoms with Gasteiger partial charge in [-0.3, -0.25) is 0 Å². The van der Waals surface area contributed by atoms with E-state index >= 15 is 0 Å². The fraction of sp³-hybridized carbons (Fsp3) is 0.750. The van der Waals surface area contributed by atoms with Crippen molar-refractivity contribution in [3.63, 3.8) is 0 Å². The Bertz CT molecular complexity index is 340. The average Bonchev–Trinajstić information content (AvgIpc) is 2.86. The number of hydrogen-bond donors (Lipinski definition) is 1. The summed E-state index contributed by atoms with van der Waals surface area (Å²) in [6.45, 7) is 7.86. The van der Waals surface area contributed by atoms with Crippen LogP contribution in [0.5, 0.6) is 0 Å². The standard InChI is InChI=1S/C12H21N3S/c1-12(2,16-3)8-15-9-14-7-11(15)10-4-5-13-6-10/h7,9-10,13H,4-6,8H2,1-3H3. The molecule has 1 N–H and O–H groups in total. The third-order valence-corrected chi connectivity index (χ3v) is 4.56. The highest BCUT2D eigenvalue weighted by Gasteiger charge is 2.23. The molecule has 1 saturated heterocycles. The van der Waals surface area contributed by atoms with E-state index in [1.54, 1.807) is 0 Å². The molecule has 1 aromatic rings. The van der Waals surface area contributed by atoms with Crippen molar-refractivity contribution < 1.29 is 0 Å². The Kier molecular flexibility index (Phi) is 3.60. The summed E-state index contributed by atoms with van der Waals surface area (Å²) < 4.78 is 2.61. The molecule has 1 aliphatic rings. The van der Waals surface area contributed by atoms with Gasteiger partial charge in [-0.1, -0.05) is 0 Å². The molecule has 4 heteroatoms. The Morgan fingerprint density at radius 3 is 3.06 bits per heavy atom. The number of rotatable bonds is 4. The molecule has 1 unspecified atom stereocenters. The molecule has 2 rings (SSSR count). The van der Waals surface area contributed by atoms with Crippen LogP contribution in [0.1, 0.15) is 31.9 Å². The van der Waals surface area contributed by atoms with Gasteiger partial charge in [0.2, 0.25) is 0 Å². The first-order valence-corrected chi connectivity index (χ1v) is 7.11. The molecule has 1 fully saturated rings. The summed E-state index contributed by atoms with van der Waals surface area (Å²) >= 11 is 1.91. The average molecular weight is 239 g/mol. The van der Waals surface area contributed by atoms with Crippen LogP contribution < -0.4 is 5.32 Å². The van der Waals surface area contributed by atoms with E-state index in [-0.39, 0.29) is 4.75 Å². The fourth-order valence-corrected chi connectivity index (χ4v) is 2.45. The predicted octanol–water partition coefficient (Wildman–Crippen LogP) is 2.10. The number of imidazole rings is 1. The minimum atomic E-state index is 0.279. The van der Waals surface area contributed by atoms with Gasteiger partial charge in [-0.25, -0.2) is 4.98 Å². The van der Waals surface area contributed by atoms with Gasteiger partial charge in [-0.2, -0.15) is 11.8 Å². The first-order valence-electron chi connectivity index (χ1n) is 5.88. The lowest BCUT2D eigenvalue weighted by atomic mass is 10.1. The Labute approximate surface area is 102 Å². The molecule has 0 saturated carbocycles. The van der Waals surface area contributed by atoms with Crippen LogP contribution in [-0.2, 0) is 6.54 Å². The van der Waals surface area contributed by atoms with Crippen LogP contribution >= 0.6 is 11.8 Å². The van der Waals surface area contributed by atoms with Gasteiger partial charge < -0.3 is 9.88 Å². The minimum Gasteiger partial charge on any atom is -0.333 e. The maximum atomic E-state index is 4.31. The predicted molar refractivity (Wildman–Crippen MR) is 70.0 cm³/mol. The van der Waals surface area contributed by atoms with Crippen LogP contribution in [-0.4, -0.2) is 33.6 Å². The molecule has 16 heavy (non-hydrogen) atoms. The maximum Gasteiger partial charge on any atom is 0.0948 e. The lowest BCUT2D eigenvalue weighted by Crippen LogP contribution is -2.24. The van der Waals surface area contributed by atoms with Crippen molar-refractivity contribution in [2.45, 2.75) is 37.5 Å². The number of hydrogen-bond acceptors (Lipinski definition) is 3. The molecule has 2 heterocycles. The minimum absolute atomic E-state index is 0.279. The van der Waals surface area contributed by atoms with Crippen LogP contribution in [0.25, 0.3) is 0 Å². The Morgan fingerprint density at radius 1 is 1.62 bits per heavy atom. The van der Waals surface area contributed by atoms with Gasteiger partial charge in [0.1, 0.15) is 0 Å². The highest BCUT2D eigenvalue weighted by Crippen LogP contribution is 2.27. The molecular weight excluding hydrogens is 218 g/mol. The van der Waals surface area contributed by atoms with Gasteiger partial charge in [0.15, 0.2) is 0 Å². The first kappa shape index (κ1) is 12.0. The lowest BCUT2D eigenvalue weighted by molar-refractivity contribution is 0.533. The van der Waals surface area contributed by atoms with Crippen molar-refractivity contribution in [3.8, 4) is 0 Å². The normalized spacial score (nSPS) is 21.6. The maximum absolute atomic E-state index is 4.31.